The van der Waals surface area contributed by atoms with Crippen LogP contribution in [0.2, 0.25) is 0 Å². The van der Waals surface area contributed by atoms with Crippen molar-refractivity contribution < 1.29 is 18.5 Å². The van der Waals surface area contributed by atoms with Crippen molar-refractivity contribution in [2.75, 3.05) is 0 Å². The minimum atomic E-state index is -0.427. The Kier molecular flexibility index (Phi) is 2.86. The van der Waals surface area contributed by atoms with Gasteiger partial charge in [-0.15, -0.1) is 0 Å². The van der Waals surface area contributed by atoms with Crippen molar-refractivity contribution in [2.45, 2.75) is 0 Å². The van der Waals surface area contributed by atoms with E-state index in [-0.39, 0.29) is 11.5 Å². The Morgan fingerprint density at radius 2 is 1.81 bits per heavy atom. The molecule has 0 aliphatic rings. The first-order valence-corrected chi connectivity index (χ1v) is 4.44. The van der Waals surface area contributed by atoms with Crippen LogP contribution in [0.5, 0.6) is 0 Å². The third kappa shape index (κ3) is 1.88. The number of carbonyl (C=O) groups excluding carboxylic acids is 1. The van der Waals surface area contributed by atoms with E-state index in [2.05, 4.69) is 17.1 Å². The van der Waals surface area contributed by atoms with Crippen LogP contribution in [0.25, 0.3) is 0 Å². The topological polar surface area (TPSA) is 64.9 Å². The second-order valence-corrected chi connectivity index (χ2v) is 2.85. The van der Waals surface area contributed by atoms with Gasteiger partial charge in [0, 0.05) is 0 Å². The molecule has 16 heavy (non-hydrogen) atoms. The van der Waals surface area contributed by atoms with E-state index in [0.29, 0.717) is 5.76 Å². The molecule has 0 fully saturated rings. The number of carbonyl (C=O) groups is 1. The molecular weight excluding hydrogens is 210 g/mol. The molecule has 0 atom stereocenters. The molecular formula is C11H8NO4. The van der Waals surface area contributed by atoms with Gasteiger partial charge in [0.15, 0.2) is 24.3 Å². The van der Waals surface area contributed by atoms with Crippen molar-refractivity contribution in [1.29, 1.82) is 0 Å². The lowest BCUT2D eigenvalue weighted by atomic mass is 10.1. The number of furan rings is 2. The molecule has 5 nitrogen and oxygen atoms in total. The standard InChI is InChI=1S/C11H8NO4/c1-14-12-10(8-4-2-6-15-8)11(13)9-5-3-7-16-9/h2-7H,1H2/b12-10+. The van der Waals surface area contributed by atoms with Crippen LogP contribution in [0.1, 0.15) is 16.3 Å². The van der Waals surface area contributed by atoms with Gasteiger partial charge in [-0.2, -0.15) is 0 Å². The van der Waals surface area contributed by atoms with Crippen molar-refractivity contribution in [1.82, 2.24) is 0 Å². The molecule has 1 radical (unpaired) electrons. The zero-order valence-corrected chi connectivity index (χ0v) is 8.25. The highest BCUT2D eigenvalue weighted by Gasteiger charge is 2.21. The van der Waals surface area contributed by atoms with E-state index in [4.69, 9.17) is 8.83 Å². The predicted molar refractivity (Wildman–Crippen MR) is 54.7 cm³/mol. The fourth-order valence-electron chi connectivity index (χ4n) is 1.20. The van der Waals surface area contributed by atoms with Crippen molar-refractivity contribution in [2.24, 2.45) is 5.16 Å². The molecule has 2 aromatic rings. The normalized spacial score (nSPS) is 11.4. The fourth-order valence-corrected chi connectivity index (χ4v) is 1.20. The van der Waals surface area contributed by atoms with Gasteiger partial charge < -0.3 is 13.7 Å². The highest BCUT2D eigenvalue weighted by molar-refractivity contribution is 6.50. The number of rotatable bonds is 4. The fraction of sp³-hybridized carbons (Fsp3) is 0. The summed E-state index contributed by atoms with van der Waals surface area (Å²) < 4.78 is 10.0. The molecule has 0 saturated carbocycles. The van der Waals surface area contributed by atoms with Gasteiger partial charge >= 0.3 is 0 Å². The van der Waals surface area contributed by atoms with Gasteiger partial charge in [0.1, 0.15) is 0 Å². The van der Waals surface area contributed by atoms with Crippen LogP contribution in [-0.4, -0.2) is 11.5 Å². The maximum absolute atomic E-state index is 11.9. The zero-order valence-electron chi connectivity index (χ0n) is 8.25. The second-order valence-electron chi connectivity index (χ2n) is 2.85. The van der Waals surface area contributed by atoms with Gasteiger partial charge in [-0.25, -0.2) is 0 Å². The summed E-state index contributed by atoms with van der Waals surface area (Å²) in [6.45, 7) is 0. The Morgan fingerprint density at radius 1 is 1.19 bits per heavy atom. The molecule has 2 aromatic heterocycles. The lowest BCUT2D eigenvalue weighted by molar-refractivity contribution is 0.103. The van der Waals surface area contributed by atoms with E-state index in [9.17, 15) is 4.79 Å². The summed E-state index contributed by atoms with van der Waals surface area (Å²) in [6.07, 6.45) is 2.83. The average Bonchev–Trinajstić information content (AvgIpc) is 2.96. The van der Waals surface area contributed by atoms with Crippen molar-refractivity contribution in [3.8, 4) is 0 Å². The van der Waals surface area contributed by atoms with Crippen LogP contribution in [0.3, 0.4) is 0 Å². The average molecular weight is 218 g/mol. The van der Waals surface area contributed by atoms with E-state index in [1.54, 1.807) is 18.2 Å². The third-order valence-electron chi connectivity index (χ3n) is 1.87. The number of hydrogen-bond donors (Lipinski definition) is 0. The summed E-state index contributed by atoms with van der Waals surface area (Å²) >= 11 is 0. The van der Waals surface area contributed by atoms with E-state index in [1.807, 2.05) is 0 Å². The second kappa shape index (κ2) is 4.48. The molecule has 0 bridgehead atoms. The molecule has 0 aliphatic carbocycles. The summed E-state index contributed by atoms with van der Waals surface area (Å²) in [5, 5.41) is 3.52. The van der Waals surface area contributed by atoms with Gasteiger partial charge in [0.05, 0.1) is 12.5 Å². The first-order valence-electron chi connectivity index (χ1n) is 4.44. The predicted octanol–water partition coefficient (Wildman–Crippen LogP) is 2.27. The van der Waals surface area contributed by atoms with Crippen LogP contribution in [0.4, 0.5) is 0 Å². The molecule has 0 saturated heterocycles. The highest BCUT2D eigenvalue weighted by atomic mass is 16.6. The van der Waals surface area contributed by atoms with Crippen molar-refractivity contribution >= 4 is 11.5 Å². The molecule has 2 heterocycles. The molecule has 0 aromatic carbocycles. The Balaban J connectivity index is 2.35. The van der Waals surface area contributed by atoms with E-state index in [1.165, 1.54) is 18.6 Å². The lowest BCUT2D eigenvalue weighted by Crippen LogP contribution is -2.14. The number of hydrogen-bond acceptors (Lipinski definition) is 5. The SMILES string of the molecule is [CH2]O/N=C(/C(=O)c1ccco1)c1ccco1. The first kappa shape index (κ1) is 10.2. The van der Waals surface area contributed by atoms with Gasteiger partial charge in [-0.1, -0.05) is 5.16 Å². The monoisotopic (exact) mass is 218 g/mol. The van der Waals surface area contributed by atoms with Gasteiger partial charge in [0.25, 0.3) is 5.78 Å². The number of ketones is 1. The van der Waals surface area contributed by atoms with Crippen LogP contribution < -0.4 is 0 Å². The van der Waals surface area contributed by atoms with E-state index < -0.39 is 5.78 Å². The maximum Gasteiger partial charge on any atom is 0.253 e. The summed E-state index contributed by atoms with van der Waals surface area (Å²) in [5.74, 6) is 0.0286. The molecule has 5 heteroatoms. The van der Waals surface area contributed by atoms with Crippen molar-refractivity contribution in [3.05, 3.63) is 55.4 Å². The Labute approximate surface area is 91.3 Å². The van der Waals surface area contributed by atoms with Crippen LogP contribution in [0, 0.1) is 7.11 Å². The quantitative estimate of drug-likeness (QED) is 0.448. The molecule has 81 valence electrons. The molecule has 0 N–H and O–H groups in total. The zero-order chi connectivity index (χ0) is 11.4. The van der Waals surface area contributed by atoms with Gasteiger partial charge in [-0.05, 0) is 24.3 Å². The summed E-state index contributed by atoms with van der Waals surface area (Å²) in [6, 6.07) is 6.38. The third-order valence-corrected chi connectivity index (χ3v) is 1.87. The number of nitrogens with zero attached hydrogens (tertiary/aromatic N) is 1. The minimum Gasteiger partial charge on any atom is -0.462 e. The van der Waals surface area contributed by atoms with Gasteiger partial charge in [-0.3, -0.25) is 4.79 Å². The smallest absolute Gasteiger partial charge is 0.253 e. The summed E-state index contributed by atoms with van der Waals surface area (Å²) in [4.78, 5) is 16.3. The highest BCUT2D eigenvalue weighted by Crippen LogP contribution is 2.10. The Morgan fingerprint density at radius 3 is 2.31 bits per heavy atom. The molecule has 0 unspecified atom stereocenters. The van der Waals surface area contributed by atoms with Crippen LogP contribution in [0.15, 0.2) is 50.8 Å². The molecule has 2 rings (SSSR count). The first-order chi connectivity index (χ1) is 7.83. The largest absolute Gasteiger partial charge is 0.462 e. The molecule has 0 amide bonds. The summed E-state index contributed by atoms with van der Waals surface area (Å²) in [7, 11) is 3.09. The minimum absolute atomic E-state index is 0.00921. The van der Waals surface area contributed by atoms with Crippen LogP contribution in [-0.2, 0) is 4.84 Å². The van der Waals surface area contributed by atoms with E-state index >= 15 is 0 Å². The molecule has 0 spiro atoms. The van der Waals surface area contributed by atoms with E-state index in [0.717, 1.165) is 0 Å². The Bertz CT molecular complexity index is 482. The summed E-state index contributed by atoms with van der Waals surface area (Å²) in [5.41, 5.74) is 0.00921. The van der Waals surface area contributed by atoms with Crippen LogP contribution >= 0.6 is 0 Å². The lowest BCUT2D eigenvalue weighted by Gasteiger charge is -1.98. The number of Topliss-reactive ketones (excluding diaryl/α,β-unsaturated/α-hetero) is 1. The van der Waals surface area contributed by atoms with Crippen molar-refractivity contribution in [3.63, 3.8) is 0 Å². The maximum atomic E-state index is 11.9. The molecule has 0 aliphatic heterocycles. The Hall–Kier alpha value is -2.30. The van der Waals surface area contributed by atoms with Gasteiger partial charge in [0.2, 0.25) is 0 Å². The number of oxime groups is 1.